The van der Waals surface area contributed by atoms with Crippen LogP contribution in [0, 0.1) is 5.92 Å². The fourth-order valence-corrected chi connectivity index (χ4v) is 2.30. The third-order valence-corrected chi connectivity index (χ3v) is 4.73. The quantitative estimate of drug-likeness (QED) is 0.728. The largest absolute Gasteiger partial charge is 0.484 e. The molecule has 134 valence electrons. The standard InChI is InChI=1S/C19H30N2O3/c1-6-13(3)17(18(20)23)21-16(22)12-24-15-10-8-14(9-11-15)19(4,5)7-2/h8-11,13,17H,6-7,12H2,1-5H3,(H2,20,23)(H,21,22). The van der Waals surface area contributed by atoms with E-state index in [9.17, 15) is 9.59 Å². The predicted molar refractivity (Wildman–Crippen MR) is 95.8 cm³/mol. The summed E-state index contributed by atoms with van der Waals surface area (Å²) in [6.45, 7) is 10.2. The topological polar surface area (TPSA) is 81.4 Å². The number of nitrogens with two attached hydrogens (primary N) is 1. The number of hydrogen-bond acceptors (Lipinski definition) is 3. The van der Waals surface area contributed by atoms with Gasteiger partial charge >= 0.3 is 0 Å². The van der Waals surface area contributed by atoms with Crippen molar-refractivity contribution in [2.45, 2.75) is 58.9 Å². The first kappa shape index (κ1) is 20.0. The van der Waals surface area contributed by atoms with E-state index in [1.165, 1.54) is 5.56 Å². The molecule has 24 heavy (non-hydrogen) atoms. The summed E-state index contributed by atoms with van der Waals surface area (Å²) in [6, 6.07) is 7.09. The Morgan fingerprint density at radius 2 is 1.79 bits per heavy atom. The van der Waals surface area contributed by atoms with Gasteiger partial charge in [0.15, 0.2) is 6.61 Å². The van der Waals surface area contributed by atoms with Gasteiger partial charge in [0.2, 0.25) is 5.91 Å². The summed E-state index contributed by atoms with van der Waals surface area (Å²) < 4.78 is 5.50. The van der Waals surface area contributed by atoms with Gasteiger partial charge in [0, 0.05) is 0 Å². The third-order valence-electron chi connectivity index (χ3n) is 4.73. The lowest BCUT2D eigenvalue weighted by Gasteiger charge is -2.23. The number of carbonyl (C=O) groups excluding carboxylic acids is 2. The summed E-state index contributed by atoms with van der Waals surface area (Å²) in [5, 5.41) is 2.64. The molecule has 5 nitrogen and oxygen atoms in total. The molecule has 0 fully saturated rings. The van der Waals surface area contributed by atoms with Crippen LogP contribution in [-0.4, -0.2) is 24.5 Å². The van der Waals surface area contributed by atoms with Crippen molar-refractivity contribution in [3.8, 4) is 5.75 Å². The Labute approximate surface area is 145 Å². The Morgan fingerprint density at radius 1 is 1.21 bits per heavy atom. The zero-order valence-corrected chi connectivity index (χ0v) is 15.4. The fraction of sp³-hybridized carbons (Fsp3) is 0.579. The van der Waals surface area contributed by atoms with E-state index in [0.29, 0.717) is 5.75 Å². The Morgan fingerprint density at radius 3 is 2.25 bits per heavy atom. The van der Waals surface area contributed by atoms with Gasteiger partial charge < -0.3 is 15.8 Å². The van der Waals surface area contributed by atoms with E-state index in [-0.39, 0.29) is 23.8 Å². The van der Waals surface area contributed by atoms with E-state index in [4.69, 9.17) is 10.5 Å². The van der Waals surface area contributed by atoms with E-state index < -0.39 is 11.9 Å². The number of carbonyl (C=O) groups is 2. The number of rotatable bonds is 9. The van der Waals surface area contributed by atoms with Crippen molar-refractivity contribution in [3.05, 3.63) is 29.8 Å². The van der Waals surface area contributed by atoms with Gasteiger partial charge in [-0.25, -0.2) is 0 Å². The van der Waals surface area contributed by atoms with Crippen molar-refractivity contribution < 1.29 is 14.3 Å². The number of hydrogen-bond donors (Lipinski definition) is 2. The van der Waals surface area contributed by atoms with Crippen LogP contribution in [-0.2, 0) is 15.0 Å². The zero-order chi connectivity index (χ0) is 18.3. The van der Waals surface area contributed by atoms with Crippen molar-refractivity contribution >= 4 is 11.8 Å². The van der Waals surface area contributed by atoms with Crippen LogP contribution in [0.3, 0.4) is 0 Å². The molecule has 0 heterocycles. The molecule has 0 aliphatic rings. The maximum Gasteiger partial charge on any atom is 0.258 e. The van der Waals surface area contributed by atoms with Crippen LogP contribution in [0.15, 0.2) is 24.3 Å². The highest BCUT2D eigenvalue weighted by atomic mass is 16.5. The highest BCUT2D eigenvalue weighted by Crippen LogP contribution is 2.27. The number of nitrogens with one attached hydrogen (secondary N) is 1. The first-order chi connectivity index (χ1) is 11.2. The van der Waals surface area contributed by atoms with Crippen LogP contribution in [0.1, 0.15) is 53.0 Å². The number of primary amides is 1. The summed E-state index contributed by atoms with van der Waals surface area (Å²) in [4.78, 5) is 23.4. The van der Waals surface area contributed by atoms with Crippen LogP contribution in [0.2, 0.25) is 0 Å². The Hall–Kier alpha value is -2.04. The first-order valence-corrected chi connectivity index (χ1v) is 8.53. The molecule has 0 aromatic heterocycles. The lowest BCUT2D eigenvalue weighted by Crippen LogP contribution is -2.49. The van der Waals surface area contributed by atoms with Crippen LogP contribution in [0.25, 0.3) is 0 Å². The van der Waals surface area contributed by atoms with Crippen molar-refractivity contribution in [1.29, 1.82) is 0 Å². The van der Waals surface area contributed by atoms with E-state index in [1.54, 1.807) is 0 Å². The molecule has 1 aromatic rings. The molecular weight excluding hydrogens is 304 g/mol. The highest BCUT2D eigenvalue weighted by Gasteiger charge is 2.23. The van der Waals surface area contributed by atoms with Crippen LogP contribution < -0.4 is 15.8 Å². The molecule has 2 amide bonds. The highest BCUT2D eigenvalue weighted by molar-refractivity contribution is 5.87. The van der Waals surface area contributed by atoms with E-state index in [1.807, 2.05) is 38.1 Å². The average molecular weight is 334 g/mol. The SMILES string of the molecule is CCC(C)C(NC(=O)COc1ccc(C(C)(C)CC)cc1)C(N)=O. The minimum Gasteiger partial charge on any atom is -0.484 e. The lowest BCUT2D eigenvalue weighted by molar-refractivity contribution is -0.129. The van der Waals surface area contributed by atoms with Crippen LogP contribution in [0.4, 0.5) is 0 Å². The molecule has 0 saturated carbocycles. The van der Waals surface area contributed by atoms with Gasteiger partial charge in [-0.3, -0.25) is 9.59 Å². The average Bonchev–Trinajstić information content (AvgIpc) is 2.57. The van der Waals surface area contributed by atoms with E-state index in [0.717, 1.165) is 12.8 Å². The second-order valence-corrected chi connectivity index (χ2v) is 6.88. The molecule has 1 rings (SSSR count). The van der Waals surface area contributed by atoms with Crippen molar-refractivity contribution in [3.63, 3.8) is 0 Å². The molecule has 0 saturated heterocycles. The summed E-state index contributed by atoms with van der Waals surface area (Å²) in [7, 11) is 0. The molecule has 0 aliphatic heterocycles. The molecule has 0 radical (unpaired) electrons. The van der Waals surface area contributed by atoms with Gasteiger partial charge in [-0.1, -0.05) is 53.2 Å². The molecule has 0 bridgehead atoms. The summed E-state index contributed by atoms with van der Waals surface area (Å²) in [6.07, 6.45) is 1.79. The smallest absolute Gasteiger partial charge is 0.258 e. The van der Waals surface area contributed by atoms with Crippen molar-refractivity contribution in [1.82, 2.24) is 5.32 Å². The van der Waals surface area contributed by atoms with Gasteiger partial charge in [-0.05, 0) is 35.4 Å². The molecule has 0 aliphatic carbocycles. The first-order valence-electron chi connectivity index (χ1n) is 8.53. The van der Waals surface area contributed by atoms with Crippen molar-refractivity contribution in [2.24, 2.45) is 11.7 Å². The molecule has 0 spiro atoms. The zero-order valence-electron chi connectivity index (χ0n) is 15.4. The lowest BCUT2D eigenvalue weighted by atomic mass is 9.82. The van der Waals surface area contributed by atoms with Crippen LogP contribution >= 0.6 is 0 Å². The fourth-order valence-electron chi connectivity index (χ4n) is 2.30. The monoisotopic (exact) mass is 334 g/mol. The molecule has 2 unspecified atom stereocenters. The van der Waals surface area contributed by atoms with Gasteiger partial charge in [-0.15, -0.1) is 0 Å². The van der Waals surface area contributed by atoms with E-state index in [2.05, 4.69) is 26.1 Å². The number of benzene rings is 1. The molecule has 5 heteroatoms. The van der Waals surface area contributed by atoms with Crippen molar-refractivity contribution in [2.75, 3.05) is 6.61 Å². The minimum atomic E-state index is -0.668. The second kappa shape index (κ2) is 8.71. The molecule has 1 aromatic carbocycles. The third kappa shape index (κ3) is 5.55. The summed E-state index contributed by atoms with van der Waals surface area (Å²) in [5.41, 5.74) is 6.69. The Kier molecular flexibility index (Phi) is 7.26. The van der Waals surface area contributed by atoms with Gasteiger partial charge in [-0.2, -0.15) is 0 Å². The van der Waals surface area contributed by atoms with Gasteiger partial charge in [0.25, 0.3) is 5.91 Å². The van der Waals surface area contributed by atoms with Crippen LogP contribution in [0.5, 0.6) is 5.75 Å². The Bertz CT molecular complexity index is 552. The molecular formula is C19H30N2O3. The summed E-state index contributed by atoms with van der Waals surface area (Å²) >= 11 is 0. The molecule has 3 N–H and O–H groups in total. The normalized spacial score (nSPS) is 13.9. The Balaban J connectivity index is 2.59. The predicted octanol–water partition coefficient (Wildman–Crippen LogP) is 2.77. The number of amides is 2. The van der Waals surface area contributed by atoms with Gasteiger partial charge in [0.1, 0.15) is 11.8 Å². The maximum atomic E-state index is 12.0. The molecule has 2 atom stereocenters. The number of ether oxygens (including phenoxy) is 1. The van der Waals surface area contributed by atoms with Gasteiger partial charge in [0.05, 0.1) is 0 Å². The summed E-state index contributed by atoms with van der Waals surface area (Å²) in [5.74, 6) is -0.261. The maximum absolute atomic E-state index is 12.0. The van der Waals surface area contributed by atoms with E-state index >= 15 is 0 Å². The minimum absolute atomic E-state index is 0.0120. The second-order valence-electron chi connectivity index (χ2n) is 6.88.